The molecule has 0 atom stereocenters. The highest BCUT2D eigenvalue weighted by atomic mass is 19.4. The molecule has 6 nitrogen and oxygen atoms in total. The fourth-order valence-electron chi connectivity index (χ4n) is 2.47. The van der Waals surface area contributed by atoms with Gasteiger partial charge in [-0.2, -0.15) is 13.2 Å². The summed E-state index contributed by atoms with van der Waals surface area (Å²) < 4.78 is 38.4. The Hall–Kier alpha value is -3.10. The van der Waals surface area contributed by atoms with Crippen molar-refractivity contribution in [2.45, 2.75) is 33.0 Å². The molecule has 0 radical (unpaired) electrons. The van der Waals surface area contributed by atoms with Gasteiger partial charge in [0.2, 0.25) is 5.91 Å². The Balaban J connectivity index is 1.88. The van der Waals surface area contributed by atoms with Gasteiger partial charge in [-0.1, -0.05) is 18.2 Å². The molecule has 0 fully saturated rings. The molecule has 0 aliphatic carbocycles. The average molecular weight is 407 g/mol. The molecular formula is C20H24F3N5O. The Labute approximate surface area is 167 Å². The van der Waals surface area contributed by atoms with Crippen molar-refractivity contribution in [1.82, 2.24) is 15.6 Å². The highest BCUT2D eigenvalue weighted by Crippen LogP contribution is 2.29. The van der Waals surface area contributed by atoms with Crippen molar-refractivity contribution in [1.29, 1.82) is 0 Å². The first kappa shape index (κ1) is 22.2. The molecule has 156 valence electrons. The molecule has 0 saturated heterocycles. The van der Waals surface area contributed by atoms with Gasteiger partial charge in [0.15, 0.2) is 5.96 Å². The van der Waals surface area contributed by atoms with Crippen LogP contribution in [0.5, 0.6) is 0 Å². The Bertz CT molecular complexity index is 852. The maximum Gasteiger partial charge on any atom is 0.416 e. The first-order chi connectivity index (χ1) is 13.8. The van der Waals surface area contributed by atoms with E-state index in [0.29, 0.717) is 30.4 Å². The molecule has 1 amide bonds. The lowest BCUT2D eigenvalue weighted by molar-refractivity contribution is -0.137. The molecule has 2 rings (SSSR count). The van der Waals surface area contributed by atoms with Crippen molar-refractivity contribution >= 4 is 17.7 Å². The van der Waals surface area contributed by atoms with Crippen LogP contribution in [0.4, 0.5) is 19.0 Å². The predicted molar refractivity (Wildman–Crippen MR) is 106 cm³/mol. The molecule has 1 aromatic heterocycles. The number of hydrogen-bond donors (Lipinski definition) is 3. The zero-order valence-corrected chi connectivity index (χ0v) is 16.3. The molecular weight excluding hydrogens is 383 g/mol. The Morgan fingerprint density at radius 1 is 1.14 bits per heavy atom. The lowest BCUT2D eigenvalue weighted by Crippen LogP contribution is -2.38. The number of nitrogens with one attached hydrogen (secondary N) is 3. The minimum absolute atomic E-state index is 0.0820. The van der Waals surface area contributed by atoms with E-state index in [1.165, 1.54) is 6.07 Å². The Morgan fingerprint density at radius 2 is 1.90 bits per heavy atom. The van der Waals surface area contributed by atoms with Gasteiger partial charge >= 0.3 is 6.18 Å². The van der Waals surface area contributed by atoms with Crippen LogP contribution in [0.2, 0.25) is 0 Å². The Kier molecular flexibility index (Phi) is 7.99. The van der Waals surface area contributed by atoms with E-state index < -0.39 is 11.7 Å². The lowest BCUT2D eigenvalue weighted by Gasteiger charge is -2.12. The van der Waals surface area contributed by atoms with Gasteiger partial charge in [-0.05, 0) is 43.7 Å². The number of benzene rings is 1. The molecule has 0 aliphatic heterocycles. The van der Waals surface area contributed by atoms with Crippen molar-refractivity contribution in [3.05, 3.63) is 59.3 Å². The second-order valence-electron chi connectivity index (χ2n) is 6.28. The van der Waals surface area contributed by atoms with Crippen molar-refractivity contribution in [3.8, 4) is 0 Å². The number of amides is 1. The summed E-state index contributed by atoms with van der Waals surface area (Å²) in [6.07, 6.45) is -4.20. The van der Waals surface area contributed by atoms with Crippen LogP contribution in [0, 0.1) is 6.92 Å². The van der Waals surface area contributed by atoms with E-state index in [-0.39, 0.29) is 18.9 Å². The number of rotatable bonds is 7. The number of hydrogen-bond acceptors (Lipinski definition) is 3. The largest absolute Gasteiger partial charge is 0.416 e. The van der Waals surface area contributed by atoms with Gasteiger partial charge in [-0.25, -0.2) is 9.98 Å². The first-order valence-electron chi connectivity index (χ1n) is 9.19. The number of aliphatic imine (C=N–C) groups is 1. The lowest BCUT2D eigenvalue weighted by atomic mass is 10.1. The third-order valence-corrected chi connectivity index (χ3v) is 3.82. The van der Waals surface area contributed by atoms with Gasteiger partial charge in [-0.3, -0.25) is 4.79 Å². The fourth-order valence-corrected chi connectivity index (χ4v) is 2.47. The standard InChI is InChI=1S/C20H24F3N5O/c1-3-24-19(26-13-15-7-5-8-16(12-15)20(21,22)23)25-11-10-18(29)28-17-9-4-6-14(2)27-17/h4-9,12H,3,10-11,13H2,1-2H3,(H2,24,25,26)(H,27,28,29). The minimum Gasteiger partial charge on any atom is -0.357 e. The van der Waals surface area contributed by atoms with E-state index in [0.717, 1.165) is 17.8 Å². The van der Waals surface area contributed by atoms with Gasteiger partial charge < -0.3 is 16.0 Å². The summed E-state index contributed by atoms with van der Waals surface area (Å²) in [5.41, 5.74) is 0.543. The number of carbonyl (C=O) groups excluding carboxylic acids is 1. The van der Waals surface area contributed by atoms with Crippen LogP contribution in [0.25, 0.3) is 0 Å². The topological polar surface area (TPSA) is 78.4 Å². The van der Waals surface area contributed by atoms with Crippen molar-refractivity contribution in [2.75, 3.05) is 18.4 Å². The van der Waals surface area contributed by atoms with E-state index in [4.69, 9.17) is 0 Å². The van der Waals surface area contributed by atoms with Crippen LogP contribution < -0.4 is 16.0 Å². The number of nitrogens with zero attached hydrogens (tertiary/aromatic N) is 2. The SMILES string of the molecule is CCNC(=NCc1cccc(C(F)(F)F)c1)NCCC(=O)Nc1cccc(C)n1. The minimum atomic E-state index is -4.39. The van der Waals surface area contributed by atoms with Crippen molar-refractivity contribution < 1.29 is 18.0 Å². The molecule has 29 heavy (non-hydrogen) atoms. The highest BCUT2D eigenvalue weighted by molar-refractivity contribution is 5.90. The average Bonchev–Trinajstić information content (AvgIpc) is 2.65. The van der Waals surface area contributed by atoms with Gasteiger partial charge in [0.25, 0.3) is 0 Å². The van der Waals surface area contributed by atoms with Crippen molar-refractivity contribution in [2.24, 2.45) is 4.99 Å². The maximum absolute atomic E-state index is 12.8. The van der Waals surface area contributed by atoms with E-state index in [2.05, 4.69) is 25.9 Å². The van der Waals surface area contributed by atoms with Crippen LogP contribution in [-0.2, 0) is 17.5 Å². The number of pyridine rings is 1. The monoisotopic (exact) mass is 407 g/mol. The molecule has 0 unspecified atom stereocenters. The van der Waals surface area contributed by atoms with Gasteiger partial charge in [0.1, 0.15) is 5.82 Å². The van der Waals surface area contributed by atoms with Crippen LogP contribution in [0.3, 0.4) is 0 Å². The fraction of sp³-hybridized carbons (Fsp3) is 0.350. The number of aryl methyl sites for hydroxylation is 1. The third-order valence-electron chi connectivity index (χ3n) is 3.82. The van der Waals surface area contributed by atoms with Crippen LogP contribution in [0.1, 0.15) is 30.2 Å². The van der Waals surface area contributed by atoms with Crippen molar-refractivity contribution in [3.63, 3.8) is 0 Å². The molecule has 1 aromatic carbocycles. The maximum atomic E-state index is 12.8. The molecule has 2 aromatic rings. The number of anilines is 1. The van der Waals surface area contributed by atoms with E-state index in [1.807, 2.05) is 19.9 Å². The zero-order chi connectivity index (χ0) is 21.3. The molecule has 0 spiro atoms. The molecule has 9 heteroatoms. The van der Waals surface area contributed by atoms with Crippen LogP contribution in [-0.4, -0.2) is 29.9 Å². The van der Waals surface area contributed by atoms with Crippen LogP contribution >= 0.6 is 0 Å². The smallest absolute Gasteiger partial charge is 0.357 e. The van der Waals surface area contributed by atoms with Gasteiger partial charge in [0, 0.05) is 25.2 Å². The summed E-state index contributed by atoms with van der Waals surface area (Å²) in [7, 11) is 0. The second-order valence-corrected chi connectivity index (χ2v) is 6.28. The molecule has 1 heterocycles. The second kappa shape index (κ2) is 10.4. The normalized spacial score (nSPS) is 11.8. The third kappa shape index (κ3) is 7.81. The first-order valence-corrected chi connectivity index (χ1v) is 9.19. The summed E-state index contributed by atoms with van der Waals surface area (Å²) in [6.45, 7) is 4.68. The molecule has 0 aliphatic rings. The number of halogens is 3. The number of aromatic nitrogens is 1. The predicted octanol–water partition coefficient (Wildman–Crippen LogP) is 3.49. The zero-order valence-electron chi connectivity index (χ0n) is 16.3. The quantitative estimate of drug-likeness (QED) is 0.485. The van der Waals surface area contributed by atoms with E-state index >= 15 is 0 Å². The summed E-state index contributed by atoms with van der Waals surface area (Å²) in [5, 5.41) is 8.71. The summed E-state index contributed by atoms with van der Waals surface area (Å²) in [4.78, 5) is 20.5. The highest BCUT2D eigenvalue weighted by Gasteiger charge is 2.30. The number of alkyl halides is 3. The van der Waals surface area contributed by atoms with Crippen LogP contribution in [0.15, 0.2) is 47.5 Å². The van der Waals surface area contributed by atoms with E-state index in [9.17, 15) is 18.0 Å². The van der Waals surface area contributed by atoms with Gasteiger partial charge in [-0.15, -0.1) is 0 Å². The summed E-state index contributed by atoms with van der Waals surface area (Å²) >= 11 is 0. The summed E-state index contributed by atoms with van der Waals surface area (Å²) in [6, 6.07) is 10.4. The Morgan fingerprint density at radius 3 is 2.59 bits per heavy atom. The number of guanidine groups is 1. The molecule has 0 saturated carbocycles. The molecule has 3 N–H and O–H groups in total. The molecule has 0 bridgehead atoms. The summed E-state index contributed by atoms with van der Waals surface area (Å²) in [5.74, 6) is 0.704. The number of carbonyl (C=O) groups is 1. The van der Waals surface area contributed by atoms with Gasteiger partial charge in [0.05, 0.1) is 12.1 Å². The van der Waals surface area contributed by atoms with E-state index in [1.54, 1.807) is 18.2 Å².